The first-order valence-electron chi connectivity index (χ1n) is 18.9. The van der Waals surface area contributed by atoms with E-state index >= 15 is 0 Å². The summed E-state index contributed by atoms with van der Waals surface area (Å²) in [7, 11) is 6.82. The molecule has 0 spiro atoms. The van der Waals surface area contributed by atoms with Gasteiger partial charge >= 0.3 is 5.97 Å². The molecule has 2 aliphatic rings. The van der Waals surface area contributed by atoms with Gasteiger partial charge in [0.2, 0.25) is 0 Å². The molecule has 0 atom stereocenters. The summed E-state index contributed by atoms with van der Waals surface area (Å²) >= 11 is 0. The number of aryl methyl sites for hydroxylation is 2. The van der Waals surface area contributed by atoms with Crippen molar-refractivity contribution in [3.63, 3.8) is 0 Å². The number of aromatic nitrogens is 6. The number of ether oxygens (including phenoxy) is 2. The van der Waals surface area contributed by atoms with Crippen molar-refractivity contribution in [1.82, 2.24) is 29.9 Å². The topological polar surface area (TPSA) is 223 Å². The number of anilines is 2. The molecule has 4 aromatic heterocycles. The first-order valence-corrected chi connectivity index (χ1v) is 18.9. The Labute approximate surface area is 334 Å². The maximum absolute atomic E-state index is 12.5. The molecule has 0 radical (unpaired) electrons. The van der Waals surface area contributed by atoms with Gasteiger partial charge in [0.05, 0.1) is 27.4 Å². The quantitative estimate of drug-likeness (QED) is 0.143. The standard InChI is InChI=1S/C21H28N4O3.C16H18N4O3.C4H11NO/c1-21(2,13-26)11-14(27)12-25(3)20-16-6-5-7-17(16)23-19(24-20)18-10-15(28-4)8-9-22-18;1-20(9-14(21)22)16-11-4-3-5-12(11)18-15(19-16)13-8-10(23-2)6-7-17-13;1-4(2,5)3-6/h8-10,26H,5-7,11-13H2,1-4H3;6-8H,3-5,9H2,1-2H3,(H,21,22);6H,3,5H2,1-2H3. The van der Waals surface area contributed by atoms with Crippen LogP contribution >= 0.6 is 0 Å². The molecular formula is C41H57N9O7. The molecule has 16 heteroatoms. The van der Waals surface area contributed by atoms with Crippen LogP contribution in [-0.2, 0) is 35.3 Å². The van der Waals surface area contributed by atoms with Gasteiger partial charge in [-0.2, -0.15) is 0 Å². The van der Waals surface area contributed by atoms with E-state index in [0.29, 0.717) is 46.8 Å². The SMILES string of the molecule is CC(C)(N)CO.COc1ccnc(-c2nc3c(c(N(C)CC(=O)CC(C)(C)CO)n2)CCC3)c1.COc1ccnc(-c2nc3c(c(N(C)CC(=O)O)n2)CCC3)c1. The second-order valence-electron chi connectivity index (χ2n) is 15.8. The summed E-state index contributed by atoms with van der Waals surface area (Å²) in [5.74, 6) is 3.07. The fraction of sp³-hybridized carbons (Fsp3) is 0.512. The van der Waals surface area contributed by atoms with Gasteiger partial charge in [-0.05, 0) is 69.9 Å². The molecule has 4 aromatic rings. The van der Waals surface area contributed by atoms with Crippen molar-refractivity contribution in [3.05, 3.63) is 59.2 Å². The average Bonchev–Trinajstić information content (AvgIpc) is 3.87. The zero-order valence-corrected chi connectivity index (χ0v) is 34.4. The Hall–Kier alpha value is -5.32. The molecule has 0 saturated heterocycles. The van der Waals surface area contributed by atoms with E-state index in [2.05, 4.69) is 19.9 Å². The molecule has 0 fully saturated rings. The van der Waals surface area contributed by atoms with Crippen LogP contribution in [0.2, 0.25) is 0 Å². The van der Waals surface area contributed by atoms with E-state index in [9.17, 15) is 14.7 Å². The number of aliphatic hydroxyl groups excluding tert-OH is 2. The summed E-state index contributed by atoms with van der Waals surface area (Å²) in [6, 6.07) is 7.13. The lowest BCUT2D eigenvalue weighted by Gasteiger charge is -2.24. The van der Waals surface area contributed by atoms with Crippen molar-refractivity contribution in [3.8, 4) is 34.5 Å². The highest BCUT2D eigenvalue weighted by molar-refractivity contribution is 5.84. The van der Waals surface area contributed by atoms with E-state index < -0.39 is 16.9 Å². The van der Waals surface area contributed by atoms with Crippen LogP contribution in [0.25, 0.3) is 23.0 Å². The van der Waals surface area contributed by atoms with Gasteiger partial charge in [0.25, 0.3) is 0 Å². The number of methoxy groups -OCH3 is 2. The van der Waals surface area contributed by atoms with E-state index in [-0.39, 0.29) is 32.1 Å². The van der Waals surface area contributed by atoms with Crippen LogP contribution in [0.5, 0.6) is 11.5 Å². The number of hydrogen-bond donors (Lipinski definition) is 4. The van der Waals surface area contributed by atoms with Crippen LogP contribution in [0.3, 0.4) is 0 Å². The van der Waals surface area contributed by atoms with Crippen molar-refractivity contribution in [2.24, 2.45) is 11.1 Å². The number of nitrogens with two attached hydrogens (primary N) is 1. The number of aliphatic carboxylic acids is 1. The lowest BCUT2D eigenvalue weighted by atomic mass is 9.88. The number of rotatable bonds is 14. The molecule has 0 unspecified atom stereocenters. The number of carboxylic acid groups (broad SMARTS) is 1. The summed E-state index contributed by atoms with van der Waals surface area (Å²) in [4.78, 5) is 54.4. The highest BCUT2D eigenvalue weighted by Gasteiger charge is 2.27. The predicted octanol–water partition coefficient (Wildman–Crippen LogP) is 3.72. The van der Waals surface area contributed by atoms with Crippen LogP contribution < -0.4 is 25.0 Å². The largest absolute Gasteiger partial charge is 0.497 e. The van der Waals surface area contributed by atoms with Gasteiger partial charge in [0, 0.05) is 79.7 Å². The van der Waals surface area contributed by atoms with Crippen LogP contribution in [-0.4, -0.2) is 117 Å². The summed E-state index contributed by atoms with van der Waals surface area (Å²) < 4.78 is 10.5. The molecule has 0 aliphatic heterocycles. The number of hydrogen-bond acceptors (Lipinski definition) is 15. The number of carboxylic acids is 1. The third kappa shape index (κ3) is 12.6. The first-order chi connectivity index (χ1) is 27.0. The Bertz CT molecular complexity index is 2000. The van der Waals surface area contributed by atoms with E-state index in [0.717, 1.165) is 66.9 Å². The third-order valence-electron chi connectivity index (χ3n) is 9.24. The Morgan fingerprint density at radius 3 is 1.56 bits per heavy atom. The van der Waals surface area contributed by atoms with Crippen molar-refractivity contribution in [2.45, 2.75) is 78.2 Å². The summed E-state index contributed by atoms with van der Waals surface area (Å²) in [5, 5.41) is 26.7. The Kier molecular flexibility index (Phi) is 15.3. The number of fused-ring (bicyclic) bond motifs is 2. The summed E-state index contributed by atoms with van der Waals surface area (Å²) in [5.41, 5.74) is 9.89. The summed E-state index contributed by atoms with van der Waals surface area (Å²) in [6.45, 7) is 7.50. The van der Waals surface area contributed by atoms with Gasteiger partial charge in [-0.15, -0.1) is 0 Å². The Morgan fingerprint density at radius 2 is 1.18 bits per heavy atom. The smallest absolute Gasteiger partial charge is 0.323 e. The fourth-order valence-corrected chi connectivity index (χ4v) is 6.27. The molecule has 5 N–H and O–H groups in total. The molecule has 308 valence electrons. The number of Topliss-reactive ketones (excluding diaryl/α,β-unsaturated/α-hetero) is 1. The lowest BCUT2D eigenvalue weighted by Crippen LogP contribution is -2.35. The molecule has 0 amide bonds. The number of pyridine rings is 2. The minimum Gasteiger partial charge on any atom is -0.497 e. The monoisotopic (exact) mass is 787 g/mol. The first kappa shape index (κ1) is 44.4. The molecule has 57 heavy (non-hydrogen) atoms. The molecule has 16 nitrogen and oxygen atoms in total. The number of carbonyl (C=O) groups is 2. The zero-order valence-electron chi connectivity index (χ0n) is 34.4. The van der Waals surface area contributed by atoms with Crippen LogP contribution in [0.1, 0.15) is 69.5 Å². The van der Waals surface area contributed by atoms with Gasteiger partial charge in [0.15, 0.2) is 17.4 Å². The van der Waals surface area contributed by atoms with Gasteiger partial charge in [-0.1, -0.05) is 13.8 Å². The molecule has 6 rings (SSSR count). The molecule has 2 aliphatic carbocycles. The molecular weight excluding hydrogens is 731 g/mol. The van der Waals surface area contributed by atoms with Crippen LogP contribution in [0.15, 0.2) is 36.7 Å². The van der Waals surface area contributed by atoms with Crippen molar-refractivity contribution in [2.75, 3.05) is 64.4 Å². The third-order valence-corrected chi connectivity index (χ3v) is 9.24. The molecule has 4 heterocycles. The van der Waals surface area contributed by atoms with E-state index in [4.69, 9.17) is 35.4 Å². The second kappa shape index (κ2) is 19.7. The highest BCUT2D eigenvalue weighted by atomic mass is 16.5. The van der Waals surface area contributed by atoms with Crippen molar-refractivity contribution < 1.29 is 34.4 Å². The maximum Gasteiger partial charge on any atom is 0.323 e. The van der Waals surface area contributed by atoms with Crippen molar-refractivity contribution in [1.29, 1.82) is 0 Å². The number of likely N-dealkylation sites (N-methyl/N-ethyl adjacent to an activating group) is 2. The van der Waals surface area contributed by atoms with Crippen LogP contribution in [0, 0.1) is 5.41 Å². The van der Waals surface area contributed by atoms with Gasteiger partial charge < -0.3 is 40.3 Å². The number of ketones is 1. The van der Waals surface area contributed by atoms with E-state index in [1.807, 2.05) is 31.9 Å². The molecule has 0 bridgehead atoms. The second-order valence-corrected chi connectivity index (χ2v) is 15.8. The number of carbonyl (C=O) groups excluding carboxylic acids is 1. The number of aliphatic hydroxyl groups is 2. The number of nitrogens with zero attached hydrogens (tertiary/aromatic N) is 8. The van der Waals surface area contributed by atoms with Crippen LogP contribution in [0.4, 0.5) is 11.6 Å². The molecule has 0 saturated carbocycles. The Balaban J connectivity index is 0.000000224. The zero-order chi connectivity index (χ0) is 41.9. The van der Waals surface area contributed by atoms with Crippen molar-refractivity contribution >= 4 is 23.4 Å². The van der Waals surface area contributed by atoms with E-state index in [1.54, 1.807) is 70.6 Å². The maximum atomic E-state index is 12.5. The Morgan fingerprint density at radius 1 is 0.737 bits per heavy atom. The minimum atomic E-state index is -0.890. The fourth-order valence-electron chi connectivity index (χ4n) is 6.27. The average molecular weight is 788 g/mol. The van der Waals surface area contributed by atoms with Gasteiger partial charge in [0.1, 0.15) is 41.1 Å². The van der Waals surface area contributed by atoms with Gasteiger partial charge in [-0.25, -0.2) is 19.9 Å². The predicted molar refractivity (Wildman–Crippen MR) is 218 cm³/mol. The molecule has 0 aromatic carbocycles. The summed E-state index contributed by atoms with van der Waals surface area (Å²) in [6.07, 6.45) is 9.26. The van der Waals surface area contributed by atoms with Gasteiger partial charge in [-0.3, -0.25) is 19.6 Å². The van der Waals surface area contributed by atoms with E-state index in [1.165, 1.54) is 0 Å². The highest BCUT2D eigenvalue weighted by Crippen LogP contribution is 2.33. The lowest BCUT2D eigenvalue weighted by molar-refractivity contribution is -0.135. The normalized spacial score (nSPS) is 13.0. The minimum absolute atomic E-state index is 0.0168.